The number of carbonyl (C=O) groups is 1. The number of hydrogen-bond acceptors (Lipinski definition) is 3. The Morgan fingerprint density at radius 1 is 1.53 bits per heavy atom. The molecule has 2 aliphatic rings. The maximum Gasteiger partial charge on any atom is 0.237 e. The number of rotatable bonds is 6. The average molecular weight is 240 g/mol. The first kappa shape index (κ1) is 12.8. The van der Waals surface area contributed by atoms with Crippen LogP contribution in [0, 0.1) is 5.92 Å². The van der Waals surface area contributed by atoms with Crippen LogP contribution in [0.2, 0.25) is 0 Å². The summed E-state index contributed by atoms with van der Waals surface area (Å²) in [6, 6.07) is 0. The lowest BCUT2D eigenvalue weighted by Crippen LogP contribution is -2.60. The van der Waals surface area contributed by atoms with Crippen LogP contribution in [0.25, 0.3) is 0 Å². The molecule has 1 saturated carbocycles. The van der Waals surface area contributed by atoms with E-state index in [1.54, 1.807) is 0 Å². The highest BCUT2D eigenvalue weighted by Crippen LogP contribution is 2.31. The molecule has 1 aliphatic carbocycles. The second-order valence-corrected chi connectivity index (χ2v) is 5.51. The van der Waals surface area contributed by atoms with Gasteiger partial charge in [0, 0.05) is 13.0 Å². The summed E-state index contributed by atoms with van der Waals surface area (Å²) in [5.41, 5.74) is 5.10. The molecule has 0 radical (unpaired) electrons. The molecule has 4 nitrogen and oxygen atoms in total. The molecule has 1 amide bonds. The van der Waals surface area contributed by atoms with Gasteiger partial charge in [-0.25, -0.2) is 0 Å². The van der Waals surface area contributed by atoms with Gasteiger partial charge in [-0.3, -0.25) is 4.79 Å². The van der Waals surface area contributed by atoms with E-state index in [1.165, 1.54) is 12.8 Å². The molecule has 1 aliphatic heterocycles. The minimum atomic E-state index is -0.513. The van der Waals surface area contributed by atoms with Crippen molar-refractivity contribution in [3.05, 3.63) is 0 Å². The SMILES string of the molecule is CCCC1CC(NCC2CC2)(C(N)=O)CCO1. The first-order chi connectivity index (χ1) is 8.16. The van der Waals surface area contributed by atoms with Gasteiger partial charge in [0.2, 0.25) is 5.91 Å². The van der Waals surface area contributed by atoms with Gasteiger partial charge >= 0.3 is 0 Å². The molecule has 4 heteroatoms. The molecule has 2 unspecified atom stereocenters. The highest BCUT2D eigenvalue weighted by atomic mass is 16.5. The van der Waals surface area contributed by atoms with E-state index in [0.29, 0.717) is 6.61 Å². The Bertz CT molecular complexity index is 277. The number of ether oxygens (including phenoxy) is 1. The Hall–Kier alpha value is -0.610. The lowest BCUT2D eigenvalue weighted by atomic mass is 9.84. The monoisotopic (exact) mass is 240 g/mol. The zero-order chi connectivity index (χ0) is 12.3. The van der Waals surface area contributed by atoms with E-state index in [1.807, 2.05) is 0 Å². The topological polar surface area (TPSA) is 64.3 Å². The van der Waals surface area contributed by atoms with E-state index in [4.69, 9.17) is 10.5 Å². The van der Waals surface area contributed by atoms with Crippen LogP contribution in [0.1, 0.15) is 45.4 Å². The smallest absolute Gasteiger partial charge is 0.237 e. The summed E-state index contributed by atoms with van der Waals surface area (Å²) in [6.45, 7) is 3.72. The van der Waals surface area contributed by atoms with Gasteiger partial charge in [-0.1, -0.05) is 13.3 Å². The zero-order valence-corrected chi connectivity index (χ0v) is 10.7. The molecule has 0 aromatic heterocycles. The first-order valence-corrected chi connectivity index (χ1v) is 6.83. The summed E-state index contributed by atoms with van der Waals surface area (Å²) in [7, 11) is 0. The van der Waals surface area contributed by atoms with Crippen molar-refractivity contribution >= 4 is 5.91 Å². The Kier molecular flexibility index (Phi) is 4.05. The number of nitrogens with two attached hydrogens (primary N) is 1. The van der Waals surface area contributed by atoms with Gasteiger partial charge in [-0.05, 0) is 38.1 Å². The van der Waals surface area contributed by atoms with E-state index in [9.17, 15) is 4.79 Å². The lowest BCUT2D eigenvalue weighted by Gasteiger charge is -2.39. The number of primary amides is 1. The summed E-state index contributed by atoms with van der Waals surface area (Å²) in [5, 5.41) is 3.43. The van der Waals surface area contributed by atoms with Crippen molar-refractivity contribution in [2.45, 2.75) is 57.1 Å². The van der Waals surface area contributed by atoms with Gasteiger partial charge in [0.05, 0.1) is 6.10 Å². The molecule has 1 saturated heterocycles. The molecule has 2 rings (SSSR count). The molecule has 2 fully saturated rings. The Morgan fingerprint density at radius 2 is 2.29 bits per heavy atom. The summed E-state index contributed by atoms with van der Waals surface area (Å²) in [4.78, 5) is 11.8. The van der Waals surface area contributed by atoms with Crippen molar-refractivity contribution in [3.8, 4) is 0 Å². The number of amides is 1. The molecule has 2 atom stereocenters. The third-order valence-electron chi connectivity index (χ3n) is 3.97. The summed E-state index contributed by atoms with van der Waals surface area (Å²) in [6.07, 6.45) is 6.32. The van der Waals surface area contributed by atoms with Crippen LogP contribution in [0.5, 0.6) is 0 Å². The first-order valence-electron chi connectivity index (χ1n) is 6.83. The third-order valence-corrected chi connectivity index (χ3v) is 3.97. The van der Waals surface area contributed by atoms with Crippen molar-refractivity contribution < 1.29 is 9.53 Å². The second kappa shape index (κ2) is 5.36. The van der Waals surface area contributed by atoms with Crippen LogP contribution < -0.4 is 11.1 Å². The van der Waals surface area contributed by atoms with Crippen molar-refractivity contribution in [1.29, 1.82) is 0 Å². The fourth-order valence-corrected chi connectivity index (χ4v) is 2.59. The van der Waals surface area contributed by atoms with E-state index in [-0.39, 0.29) is 12.0 Å². The highest BCUT2D eigenvalue weighted by molar-refractivity contribution is 5.84. The van der Waals surface area contributed by atoms with Crippen molar-refractivity contribution in [2.75, 3.05) is 13.2 Å². The van der Waals surface area contributed by atoms with Crippen molar-refractivity contribution in [2.24, 2.45) is 11.7 Å². The van der Waals surface area contributed by atoms with Crippen LogP contribution >= 0.6 is 0 Å². The normalized spacial score (nSPS) is 33.6. The van der Waals surface area contributed by atoms with Crippen LogP contribution in [0.3, 0.4) is 0 Å². The molecule has 0 bridgehead atoms. The molecular formula is C13H24N2O2. The maximum atomic E-state index is 11.8. The molecule has 3 N–H and O–H groups in total. The fraction of sp³-hybridized carbons (Fsp3) is 0.923. The average Bonchev–Trinajstić information content (AvgIpc) is 3.11. The number of carbonyl (C=O) groups excluding carboxylic acids is 1. The largest absolute Gasteiger partial charge is 0.378 e. The van der Waals surface area contributed by atoms with Crippen molar-refractivity contribution in [1.82, 2.24) is 5.32 Å². The van der Waals surface area contributed by atoms with Gasteiger partial charge in [0.25, 0.3) is 0 Å². The summed E-state index contributed by atoms with van der Waals surface area (Å²) in [5.74, 6) is 0.557. The molecule has 1 heterocycles. The van der Waals surface area contributed by atoms with Gasteiger partial charge in [0.15, 0.2) is 0 Å². The maximum absolute atomic E-state index is 11.8. The van der Waals surface area contributed by atoms with Gasteiger partial charge < -0.3 is 15.8 Å². The fourth-order valence-electron chi connectivity index (χ4n) is 2.59. The molecule has 0 aromatic rings. The predicted molar refractivity (Wildman–Crippen MR) is 66.5 cm³/mol. The minimum absolute atomic E-state index is 0.188. The van der Waals surface area contributed by atoms with Crippen LogP contribution in [0.15, 0.2) is 0 Å². The zero-order valence-electron chi connectivity index (χ0n) is 10.7. The standard InChI is InChI=1S/C13H24N2O2/c1-2-3-11-8-13(12(14)16,6-7-17-11)15-9-10-4-5-10/h10-11,15H,2-9H2,1H3,(H2,14,16). The van der Waals surface area contributed by atoms with Gasteiger partial charge in [-0.2, -0.15) is 0 Å². The van der Waals surface area contributed by atoms with E-state index >= 15 is 0 Å². The quantitative estimate of drug-likeness (QED) is 0.733. The third kappa shape index (κ3) is 3.19. The number of hydrogen-bond donors (Lipinski definition) is 2. The predicted octanol–water partition coefficient (Wildman–Crippen LogP) is 1.19. The Morgan fingerprint density at radius 3 is 2.88 bits per heavy atom. The van der Waals surface area contributed by atoms with E-state index in [2.05, 4.69) is 12.2 Å². The van der Waals surface area contributed by atoms with E-state index in [0.717, 1.165) is 38.1 Å². The summed E-state index contributed by atoms with van der Waals surface area (Å²) >= 11 is 0. The molecule has 17 heavy (non-hydrogen) atoms. The van der Waals surface area contributed by atoms with Crippen LogP contribution in [-0.2, 0) is 9.53 Å². The van der Waals surface area contributed by atoms with Crippen LogP contribution in [0.4, 0.5) is 0 Å². The molecular weight excluding hydrogens is 216 g/mol. The van der Waals surface area contributed by atoms with Gasteiger partial charge in [0.1, 0.15) is 5.54 Å². The Labute approximate surface area is 103 Å². The molecule has 0 aromatic carbocycles. The minimum Gasteiger partial charge on any atom is -0.378 e. The number of nitrogens with one attached hydrogen (secondary N) is 1. The van der Waals surface area contributed by atoms with E-state index < -0.39 is 5.54 Å². The second-order valence-electron chi connectivity index (χ2n) is 5.51. The van der Waals surface area contributed by atoms with Gasteiger partial charge in [-0.15, -0.1) is 0 Å². The summed E-state index contributed by atoms with van der Waals surface area (Å²) < 4.78 is 5.70. The Balaban J connectivity index is 1.95. The lowest BCUT2D eigenvalue weighted by molar-refractivity contribution is -0.131. The molecule has 98 valence electrons. The highest BCUT2D eigenvalue weighted by Gasteiger charge is 2.42. The van der Waals surface area contributed by atoms with Crippen molar-refractivity contribution in [3.63, 3.8) is 0 Å². The van der Waals surface area contributed by atoms with Crippen LogP contribution in [-0.4, -0.2) is 30.7 Å². The molecule has 0 spiro atoms.